The maximum Gasteiger partial charge on any atom is 0.262 e. The molecule has 7 heteroatoms. The minimum Gasteiger partial charge on any atom is -0.345 e. The lowest BCUT2D eigenvalue weighted by atomic mass is 10.1. The first-order valence-corrected chi connectivity index (χ1v) is 6.70. The lowest BCUT2D eigenvalue weighted by Crippen LogP contribution is -2.48. The van der Waals surface area contributed by atoms with Gasteiger partial charge in [-0.25, -0.2) is 5.48 Å². The van der Waals surface area contributed by atoms with Crippen LogP contribution in [0.4, 0.5) is 0 Å². The van der Waals surface area contributed by atoms with E-state index in [2.05, 4.69) is 5.32 Å². The Balaban J connectivity index is 2.01. The van der Waals surface area contributed by atoms with Crippen molar-refractivity contribution < 1.29 is 19.6 Å². The van der Waals surface area contributed by atoms with E-state index in [-0.39, 0.29) is 18.4 Å². The van der Waals surface area contributed by atoms with Gasteiger partial charge in [0, 0.05) is 12.1 Å². The second kappa shape index (κ2) is 6.85. The highest BCUT2D eigenvalue weighted by Gasteiger charge is 2.34. The van der Waals surface area contributed by atoms with Crippen LogP contribution in [0.5, 0.6) is 0 Å². The van der Waals surface area contributed by atoms with Crippen LogP contribution < -0.4 is 10.8 Å². The zero-order chi connectivity index (χ0) is 15.2. The van der Waals surface area contributed by atoms with Crippen LogP contribution in [-0.4, -0.2) is 47.0 Å². The molecule has 1 atom stereocenters. The highest BCUT2D eigenvalue weighted by molar-refractivity contribution is 5.98. The molecule has 0 bridgehead atoms. The fourth-order valence-corrected chi connectivity index (χ4v) is 2.35. The van der Waals surface area contributed by atoms with Crippen molar-refractivity contribution in [3.05, 3.63) is 35.9 Å². The van der Waals surface area contributed by atoms with E-state index in [1.54, 1.807) is 24.3 Å². The van der Waals surface area contributed by atoms with Crippen molar-refractivity contribution in [1.82, 2.24) is 15.7 Å². The van der Waals surface area contributed by atoms with Crippen LogP contribution in [0, 0.1) is 0 Å². The summed E-state index contributed by atoms with van der Waals surface area (Å²) in [5, 5.41) is 10.8. The van der Waals surface area contributed by atoms with Crippen molar-refractivity contribution in [2.45, 2.75) is 18.9 Å². The summed E-state index contributed by atoms with van der Waals surface area (Å²) in [6, 6.07) is 8.18. The van der Waals surface area contributed by atoms with Crippen LogP contribution in [0.3, 0.4) is 0 Å². The first kappa shape index (κ1) is 15.0. The van der Waals surface area contributed by atoms with E-state index >= 15 is 0 Å². The van der Waals surface area contributed by atoms with Crippen molar-refractivity contribution in [3.8, 4) is 0 Å². The molecule has 3 N–H and O–H groups in total. The summed E-state index contributed by atoms with van der Waals surface area (Å²) in [5.74, 6) is -1.29. The van der Waals surface area contributed by atoms with Gasteiger partial charge in [-0.05, 0) is 25.0 Å². The van der Waals surface area contributed by atoms with Gasteiger partial charge in [-0.2, -0.15) is 0 Å². The van der Waals surface area contributed by atoms with Gasteiger partial charge < -0.3 is 10.2 Å². The second-order valence-corrected chi connectivity index (χ2v) is 4.78. The topological polar surface area (TPSA) is 98.7 Å². The Labute approximate surface area is 121 Å². The number of benzene rings is 1. The van der Waals surface area contributed by atoms with Crippen molar-refractivity contribution in [2.24, 2.45) is 0 Å². The van der Waals surface area contributed by atoms with E-state index < -0.39 is 11.9 Å². The van der Waals surface area contributed by atoms with Gasteiger partial charge in [0.05, 0.1) is 6.54 Å². The zero-order valence-corrected chi connectivity index (χ0v) is 11.4. The van der Waals surface area contributed by atoms with Gasteiger partial charge in [-0.3, -0.25) is 19.6 Å². The van der Waals surface area contributed by atoms with Gasteiger partial charge in [-0.1, -0.05) is 18.2 Å². The molecule has 1 fully saturated rings. The summed E-state index contributed by atoms with van der Waals surface area (Å²) < 4.78 is 0. The lowest BCUT2D eigenvalue weighted by molar-refractivity contribution is -0.132. The number of hydrogen-bond donors (Lipinski definition) is 3. The Kier molecular flexibility index (Phi) is 4.89. The predicted molar refractivity (Wildman–Crippen MR) is 73.4 cm³/mol. The minimum atomic E-state index is -0.706. The van der Waals surface area contributed by atoms with Crippen LogP contribution in [0.1, 0.15) is 23.2 Å². The van der Waals surface area contributed by atoms with E-state index in [0.717, 1.165) is 6.42 Å². The number of hydrogen-bond acceptors (Lipinski definition) is 4. The van der Waals surface area contributed by atoms with Crippen molar-refractivity contribution in [3.63, 3.8) is 0 Å². The third-order valence-corrected chi connectivity index (χ3v) is 3.38. The molecule has 1 heterocycles. The van der Waals surface area contributed by atoms with Crippen LogP contribution >= 0.6 is 0 Å². The van der Waals surface area contributed by atoms with Crippen molar-refractivity contribution in [1.29, 1.82) is 0 Å². The molecule has 1 aromatic carbocycles. The number of nitrogens with zero attached hydrogens (tertiary/aromatic N) is 1. The average molecular weight is 291 g/mol. The maximum atomic E-state index is 12.4. The zero-order valence-electron chi connectivity index (χ0n) is 11.4. The molecular weight excluding hydrogens is 274 g/mol. The van der Waals surface area contributed by atoms with Gasteiger partial charge in [0.2, 0.25) is 5.91 Å². The summed E-state index contributed by atoms with van der Waals surface area (Å²) in [4.78, 5) is 36.9. The van der Waals surface area contributed by atoms with E-state index in [9.17, 15) is 14.4 Å². The van der Waals surface area contributed by atoms with Crippen LogP contribution in [0.25, 0.3) is 0 Å². The largest absolute Gasteiger partial charge is 0.345 e. The van der Waals surface area contributed by atoms with E-state index in [4.69, 9.17) is 5.21 Å². The molecule has 0 aliphatic carbocycles. The number of hydroxylamine groups is 1. The van der Waals surface area contributed by atoms with E-state index in [1.807, 2.05) is 6.07 Å². The monoisotopic (exact) mass is 291 g/mol. The molecule has 7 nitrogen and oxygen atoms in total. The highest BCUT2D eigenvalue weighted by Crippen LogP contribution is 2.20. The number of nitrogens with one attached hydrogen (secondary N) is 2. The molecule has 0 spiro atoms. The Bertz CT molecular complexity index is 532. The summed E-state index contributed by atoms with van der Waals surface area (Å²) in [7, 11) is 0. The predicted octanol–water partition coefficient (Wildman–Crippen LogP) is -0.0872. The summed E-state index contributed by atoms with van der Waals surface area (Å²) >= 11 is 0. The molecule has 2 rings (SSSR count). The molecule has 0 unspecified atom stereocenters. The second-order valence-electron chi connectivity index (χ2n) is 4.78. The smallest absolute Gasteiger partial charge is 0.262 e. The summed E-state index contributed by atoms with van der Waals surface area (Å²) in [6.45, 7) is 0.192. The Hall–Kier alpha value is -2.41. The molecule has 1 aliphatic heterocycles. The van der Waals surface area contributed by atoms with Crippen LogP contribution in [0.2, 0.25) is 0 Å². The molecule has 21 heavy (non-hydrogen) atoms. The number of amides is 3. The van der Waals surface area contributed by atoms with E-state index in [1.165, 1.54) is 10.4 Å². The van der Waals surface area contributed by atoms with Gasteiger partial charge in [0.1, 0.15) is 6.04 Å². The Morgan fingerprint density at radius 2 is 1.95 bits per heavy atom. The number of rotatable bonds is 4. The minimum absolute atomic E-state index is 0.195. The number of carbonyl (C=O) groups excluding carboxylic acids is 3. The molecule has 3 amide bonds. The Morgan fingerprint density at radius 1 is 1.24 bits per heavy atom. The third kappa shape index (κ3) is 3.57. The van der Waals surface area contributed by atoms with Gasteiger partial charge in [-0.15, -0.1) is 0 Å². The molecule has 0 radical (unpaired) electrons. The van der Waals surface area contributed by atoms with Gasteiger partial charge >= 0.3 is 0 Å². The standard InChI is InChI=1S/C14H17N3O4/c18-12(16-21)9-15-13(19)11-7-4-8-17(11)14(20)10-5-2-1-3-6-10/h1-3,5-6,11,21H,4,7-9H2,(H,15,19)(H,16,18)/t11-/m0/s1. The van der Waals surface area contributed by atoms with Crippen molar-refractivity contribution in [2.75, 3.05) is 13.1 Å². The van der Waals surface area contributed by atoms with E-state index in [0.29, 0.717) is 18.5 Å². The molecule has 1 saturated heterocycles. The Morgan fingerprint density at radius 3 is 2.62 bits per heavy atom. The molecular formula is C14H17N3O4. The lowest BCUT2D eigenvalue weighted by Gasteiger charge is -2.23. The first-order chi connectivity index (χ1) is 10.1. The fourth-order valence-electron chi connectivity index (χ4n) is 2.35. The van der Waals surface area contributed by atoms with Crippen LogP contribution in [-0.2, 0) is 9.59 Å². The SMILES string of the molecule is O=C(CNC(=O)[C@@H]1CCCN1C(=O)c1ccccc1)NO. The fraction of sp³-hybridized carbons (Fsp3) is 0.357. The first-order valence-electron chi connectivity index (χ1n) is 6.70. The maximum absolute atomic E-state index is 12.4. The van der Waals surface area contributed by atoms with Gasteiger partial charge in [0.15, 0.2) is 0 Å². The molecule has 0 saturated carbocycles. The summed E-state index contributed by atoms with van der Waals surface area (Å²) in [6.07, 6.45) is 1.30. The summed E-state index contributed by atoms with van der Waals surface area (Å²) in [5.41, 5.74) is 1.97. The highest BCUT2D eigenvalue weighted by atomic mass is 16.5. The van der Waals surface area contributed by atoms with Crippen LogP contribution in [0.15, 0.2) is 30.3 Å². The number of carbonyl (C=O) groups is 3. The molecule has 0 aromatic heterocycles. The third-order valence-electron chi connectivity index (χ3n) is 3.38. The molecule has 1 aliphatic rings. The average Bonchev–Trinajstić information content (AvgIpc) is 3.01. The molecule has 112 valence electrons. The number of likely N-dealkylation sites (tertiary alicyclic amines) is 1. The quantitative estimate of drug-likeness (QED) is 0.533. The van der Waals surface area contributed by atoms with Crippen molar-refractivity contribution >= 4 is 17.7 Å². The normalized spacial score (nSPS) is 17.4. The molecule has 1 aromatic rings. The van der Waals surface area contributed by atoms with Gasteiger partial charge in [0.25, 0.3) is 11.8 Å².